The fraction of sp³-hybridized carbons (Fsp3) is 0.667. The zero-order valence-corrected chi connectivity index (χ0v) is 10.1. The molecule has 0 radical (unpaired) electrons. The molecule has 0 amide bonds. The van der Waals surface area contributed by atoms with Crippen molar-refractivity contribution in [2.45, 2.75) is 39.2 Å². The van der Waals surface area contributed by atoms with Gasteiger partial charge in [-0.1, -0.05) is 13.8 Å². The maximum Gasteiger partial charge on any atom is 0.223 e. The Hall–Kier alpha value is -1.16. The standard InChI is InChI=1S/C12H20N4/c1-3-9-7-10(4-2)15-12(14-9)16-11-5-6-13-8-11/h7,11,13H,3-6,8H2,1-2H3,(H,14,15,16). The number of nitrogens with one attached hydrogen (secondary N) is 2. The third-order valence-corrected chi connectivity index (χ3v) is 2.95. The van der Waals surface area contributed by atoms with Crippen LogP contribution < -0.4 is 10.6 Å². The van der Waals surface area contributed by atoms with Crippen molar-refractivity contribution in [3.05, 3.63) is 17.5 Å². The highest BCUT2D eigenvalue weighted by Gasteiger charge is 2.15. The van der Waals surface area contributed by atoms with Crippen LogP contribution in [0.5, 0.6) is 0 Å². The molecular weight excluding hydrogens is 200 g/mol. The van der Waals surface area contributed by atoms with Crippen LogP contribution in [0.15, 0.2) is 6.07 Å². The van der Waals surface area contributed by atoms with Gasteiger partial charge in [0, 0.05) is 24.0 Å². The molecule has 1 aliphatic rings. The van der Waals surface area contributed by atoms with E-state index in [1.54, 1.807) is 0 Å². The van der Waals surface area contributed by atoms with Crippen LogP contribution >= 0.6 is 0 Å². The van der Waals surface area contributed by atoms with Crippen molar-refractivity contribution in [3.63, 3.8) is 0 Å². The lowest BCUT2D eigenvalue weighted by Crippen LogP contribution is -2.23. The van der Waals surface area contributed by atoms with E-state index >= 15 is 0 Å². The summed E-state index contributed by atoms with van der Waals surface area (Å²) in [4.78, 5) is 9.03. The molecular formula is C12H20N4. The van der Waals surface area contributed by atoms with Gasteiger partial charge in [-0.05, 0) is 31.9 Å². The van der Waals surface area contributed by atoms with Crippen molar-refractivity contribution < 1.29 is 0 Å². The molecule has 1 aromatic rings. The average Bonchev–Trinajstić information content (AvgIpc) is 2.81. The summed E-state index contributed by atoms with van der Waals surface area (Å²) in [5.41, 5.74) is 2.25. The first-order chi connectivity index (χ1) is 7.81. The molecule has 0 spiro atoms. The van der Waals surface area contributed by atoms with Gasteiger partial charge in [0.1, 0.15) is 0 Å². The van der Waals surface area contributed by atoms with Crippen molar-refractivity contribution in [1.82, 2.24) is 15.3 Å². The van der Waals surface area contributed by atoms with Crippen molar-refractivity contribution in [1.29, 1.82) is 0 Å². The predicted molar refractivity (Wildman–Crippen MR) is 65.7 cm³/mol. The van der Waals surface area contributed by atoms with Gasteiger partial charge in [-0.25, -0.2) is 9.97 Å². The molecule has 88 valence electrons. The van der Waals surface area contributed by atoms with Crippen LogP contribution in [0.25, 0.3) is 0 Å². The van der Waals surface area contributed by atoms with Gasteiger partial charge in [-0.3, -0.25) is 0 Å². The summed E-state index contributed by atoms with van der Waals surface area (Å²) in [6.45, 7) is 6.36. The number of rotatable bonds is 4. The monoisotopic (exact) mass is 220 g/mol. The molecule has 2 heterocycles. The highest BCUT2D eigenvalue weighted by Crippen LogP contribution is 2.10. The van der Waals surface area contributed by atoms with Crippen LogP contribution in [0.3, 0.4) is 0 Å². The van der Waals surface area contributed by atoms with Crippen LogP contribution in [0, 0.1) is 0 Å². The quantitative estimate of drug-likeness (QED) is 0.805. The second-order valence-electron chi connectivity index (χ2n) is 4.22. The number of anilines is 1. The third kappa shape index (κ3) is 2.70. The Kier molecular flexibility index (Phi) is 3.72. The van der Waals surface area contributed by atoms with E-state index in [9.17, 15) is 0 Å². The number of hydrogen-bond acceptors (Lipinski definition) is 4. The molecule has 1 aromatic heterocycles. The molecule has 0 aromatic carbocycles. The molecule has 0 saturated carbocycles. The summed E-state index contributed by atoms with van der Waals surface area (Å²) < 4.78 is 0. The summed E-state index contributed by atoms with van der Waals surface area (Å²) in [7, 11) is 0. The highest BCUT2D eigenvalue weighted by molar-refractivity contribution is 5.30. The molecule has 4 nitrogen and oxygen atoms in total. The first kappa shape index (κ1) is 11.3. The Morgan fingerprint density at radius 1 is 1.31 bits per heavy atom. The molecule has 1 aliphatic heterocycles. The zero-order chi connectivity index (χ0) is 11.4. The molecule has 0 aliphatic carbocycles. The summed E-state index contributed by atoms with van der Waals surface area (Å²) in [6, 6.07) is 2.58. The minimum Gasteiger partial charge on any atom is -0.350 e. The molecule has 2 N–H and O–H groups in total. The minimum absolute atomic E-state index is 0.483. The molecule has 0 bridgehead atoms. The Balaban J connectivity index is 2.12. The van der Waals surface area contributed by atoms with Gasteiger partial charge < -0.3 is 10.6 Å². The van der Waals surface area contributed by atoms with Gasteiger partial charge in [0.05, 0.1) is 0 Å². The van der Waals surface area contributed by atoms with Gasteiger partial charge in [-0.15, -0.1) is 0 Å². The lowest BCUT2D eigenvalue weighted by Gasteiger charge is -2.12. The minimum atomic E-state index is 0.483. The topological polar surface area (TPSA) is 49.8 Å². The lowest BCUT2D eigenvalue weighted by atomic mass is 10.2. The first-order valence-electron chi connectivity index (χ1n) is 6.16. The maximum atomic E-state index is 4.51. The smallest absolute Gasteiger partial charge is 0.223 e. The molecule has 2 rings (SSSR count). The van der Waals surface area contributed by atoms with Gasteiger partial charge in [0.25, 0.3) is 0 Å². The molecule has 1 atom stereocenters. The largest absolute Gasteiger partial charge is 0.350 e. The molecule has 4 heteroatoms. The van der Waals surface area contributed by atoms with Crippen molar-refractivity contribution in [3.8, 4) is 0 Å². The van der Waals surface area contributed by atoms with Crippen molar-refractivity contribution in [2.75, 3.05) is 18.4 Å². The van der Waals surface area contributed by atoms with E-state index in [0.29, 0.717) is 6.04 Å². The van der Waals surface area contributed by atoms with E-state index in [1.807, 2.05) is 0 Å². The average molecular weight is 220 g/mol. The van der Waals surface area contributed by atoms with Crippen LogP contribution in [-0.2, 0) is 12.8 Å². The van der Waals surface area contributed by atoms with E-state index in [4.69, 9.17) is 0 Å². The van der Waals surface area contributed by atoms with Gasteiger partial charge in [-0.2, -0.15) is 0 Å². The summed E-state index contributed by atoms with van der Waals surface area (Å²) in [5.74, 6) is 0.796. The lowest BCUT2D eigenvalue weighted by molar-refractivity contribution is 0.773. The van der Waals surface area contributed by atoms with Gasteiger partial charge >= 0.3 is 0 Å². The molecule has 1 unspecified atom stereocenters. The van der Waals surface area contributed by atoms with Crippen molar-refractivity contribution >= 4 is 5.95 Å². The van der Waals surface area contributed by atoms with E-state index in [0.717, 1.165) is 49.7 Å². The Morgan fingerprint density at radius 2 is 2.00 bits per heavy atom. The zero-order valence-electron chi connectivity index (χ0n) is 10.1. The van der Waals surface area contributed by atoms with Crippen LogP contribution in [0.2, 0.25) is 0 Å². The second kappa shape index (κ2) is 5.25. The summed E-state index contributed by atoms with van der Waals surface area (Å²) in [5, 5.41) is 6.74. The Morgan fingerprint density at radius 3 is 2.50 bits per heavy atom. The van der Waals surface area contributed by atoms with E-state index < -0.39 is 0 Å². The predicted octanol–water partition coefficient (Wildman–Crippen LogP) is 1.38. The Labute approximate surface area is 96.9 Å². The van der Waals surface area contributed by atoms with Crippen LogP contribution in [-0.4, -0.2) is 29.1 Å². The van der Waals surface area contributed by atoms with Crippen LogP contribution in [0.1, 0.15) is 31.7 Å². The number of nitrogens with zero attached hydrogens (tertiary/aromatic N) is 2. The van der Waals surface area contributed by atoms with Crippen LogP contribution in [0.4, 0.5) is 5.95 Å². The molecule has 16 heavy (non-hydrogen) atoms. The van der Waals surface area contributed by atoms with E-state index in [1.165, 1.54) is 0 Å². The van der Waals surface area contributed by atoms with Gasteiger partial charge in [0.2, 0.25) is 5.95 Å². The first-order valence-corrected chi connectivity index (χ1v) is 6.16. The summed E-state index contributed by atoms with van der Waals surface area (Å²) >= 11 is 0. The molecule has 1 fully saturated rings. The fourth-order valence-corrected chi connectivity index (χ4v) is 1.94. The SMILES string of the molecule is CCc1cc(CC)nc(NC2CCNC2)n1. The van der Waals surface area contributed by atoms with E-state index in [2.05, 4.69) is 40.5 Å². The highest BCUT2D eigenvalue weighted by atomic mass is 15.1. The number of aryl methyl sites for hydroxylation is 2. The number of aromatic nitrogens is 2. The Bertz CT molecular complexity index is 323. The third-order valence-electron chi connectivity index (χ3n) is 2.95. The maximum absolute atomic E-state index is 4.51. The van der Waals surface area contributed by atoms with E-state index in [-0.39, 0.29) is 0 Å². The fourth-order valence-electron chi connectivity index (χ4n) is 1.94. The van der Waals surface area contributed by atoms with Gasteiger partial charge in [0.15, 0.2) is 0 Å². The number of hydrogen-bond donors (Lipinski definition) is 2. The van der Waals surface area contributed by atoms with Crippen molar-refractivity contribution in [2.24, 2.45) is 0 Å². The molecule has 1 saturated heterocycles. The second-order valence-corrected chi connectivity index (χ2v) is 4.22. The normalized spacial score (nSPS) is 20.0. The summed E-state index contributed by atoms with van der Waals surface area (Å²) in [6.07, 6.45) is 3.08.